The number of carboxylic acid groups (broad SMARTS) is 1. The minimum atomic E-state index is -0.696. The van der Waals surface area contributed by atoms with E-state index in [2.05, 4.69) is 10.3 Å². The van der Waals surface area contributed by atoms with Crippen molar-refractivity contribution in [3.63, 3.8) is 0 Å². The van der Waals surface area contributed by atoms with Gasteiger partial charge in [0.1, 0.15) is 0 Å². The summed E-state index contributed by atoms with van der Waals surface area (Å²) in [6.07, 6.45) is 5.52. The van der Waals surface area contributed by atoms with Gasteiger partial charge in [-0.25, -0.2) is 0 Å². The molecule has 1 saturated carbocycles. The fraction of sp³-hybridized carbons (Fsp3) is 0.500. The number of rotatable bonds is 2. The molecule has 5 heteroatoms. The number of H-pyrrole nitrogens is 1. The molecular formula is C18H21ClN2O2. The summed E-state index contributed by atoms with van der Waals surface area (Å²) in [4.78, 5) is 15.7. The predicted octanol–water partition coefficient (Wildman–Crippen LogP) is 4.04. The Kier molecular flexibility index (Phi) is 3.62. The zero-order valence-electron chi connectivity index (χ0n) is 13.0. The van der Waals surface area contributed by atoms with Gasteiger partial charge in [0.2, 0.25) is 0 Å². The molecule has 1 aliphatic heterocycles. The van der Waals surface area contributed by atoms with Gasteiger partial charge in [-0.15, -0.1) is 0 Å². The Bertz CT molecular complexity index is 762. The summed E-state index contributed by atoms with van der Waals surface area (Å²) in [7, 11) is 0. The predicted molar refractivity (Wildman–Crippen MR) is 90.9 cm³/mol. The van der Waals surface area contributed by atoms with E-state index in [1.807, 2.05) is 18.2 Å². The van der Waals surface area contributed by atoms with Crippen molar-refractivity contribution in [2.45, 2.75) is 44.6 Å². The molecule has 2 aliphatic rings. The number of aromatic nitrogens is 1. The smallest absolute Gasteiger partial charge is 0.311 e. The van der Waals surface area contributed by atoms with Gasteiger partial charge >= 0.3 is 5.97 Å². The zero-order chi connectivity index (χ0) is 16.0. The highest BCUT2D eigenvalue weighted by atomic mass is 35.5. The van der Waals surface area contributed by atoms with Crippen LogP contribution in [0.25, 0.3) is 10.9 Å². The number of hydrogen-bond donors (Lipinski definition) is 3. The SMILES string of the molecule is O=C(O)C1(C2NCCc3c2[nH]c2ccc(Cl)cc32)CCCCC1. The molecule has 1 fully saturated rings. The Morgan fingerprint density at radius 1 is 1.26 bits per heavy atom. The van der Waals surface area contributed by atoms with Crippen molar-refractivity contribution < 1.29 is 9.90 Å². The van der Waals surface area contributed by atoms with Gasteiger partial charge in [0, 0.05) is 21.6 Å². The van der Waals surface area contributed by atoms with Crippen LogP contribution in [0.15, 0.2) is 18.2 Å². The maximum absolute atomic E-state index is 12.2. The Hall–Kier alpha value is -1.52. The summed E-state index contributed by atoms with van der Waals surface area (Å²) in [6.45, 7) is 0.812. The van der Waals surface area contributed by atoms with E-state index in [9.17, 15) is 9.90 Å². The molecular weight excluding hydrogens is 312 g/mol. The number of carbonyl (C=O) groups is 1. The molecule has 0 radical (unpaired) electrons. The van der Waals surface area contributed by atoms with Crippen LogP contribution in [0.5, 0.6) is 0 Å². The third kappa shape index (κ3) is 2.27. The van der Waals surface area contributed by atoms with Crippen molar-refractivity contribution in [1.82, 2.24) is 10.3 Å². The van der Waals surface area contributed by atoms with E-state index in [1.165, 1.54) is 5.56 Å². The molecule has 1 aliphatic carbocycles. The number of aliphatic carboxylic acids is 1. The Labute approximate surface area is 140 Å². The minimum absolute atomic E-state index is 0.143. The van der Waals surface area contributed by atoms with E-state index in [0.717, 1.165) is 66.7 Å². The summed E-state index contributed by atoms with van der Waals surface area (Å²) in [5.74, 6) is -0.667. The Morgan fingerprint density at radius 3 is 2.78 bits per heavy atom. The molecule has 0 bridgehead atoms. The van der Waals surface area contributed by atoms with Crippen molar-refractivity contribution in [2.24, 2.45) is 5.41 Å². The maximum atomic E-state index is 12.2. The second-order valence-electron chi connectivity index (χ2n) is 6.87. The van der Waals surface area contributed by atoms with Crippen molar-refractivity contribution in [2.75, 3.05) is 6.54 Å². The van der Waals surface area contributed by atoms with Gasteiger partial charge < -0.3 is 15.4 Å². The second kappa shape index (κ2) is 5.53. The molecule has 0 saturated heterocycles. The minimum Gasteiger partial charge on any atom is -0.481 e. The van der Waals surface area contributed by atoms with Gasteiger partial charge in [0.15, 0.2) is 0 Å². The first-order valence-electron chi connectivity index (χ1n) is 8.38. The molecule has 122 valence electrons. The van der Waals surface area contributed by atoms with Crippen LogP contribution in [0.3, 0.4) is 0 Å². The lowest BCUT2D eigenvalue weighted by atomic mass is 9.67. The maximum Gasteiger partial charge on any atom is 0.311 e. The van der Waals surface area contributed by atoms with Crippen molar-refractivity contribution in [3.8, 4) is 0 Å². The van der Waals surface area contributed by atoms with Crippen LogP contribution in [0, 0.1) is 5.41 Å². The second-order valence-corrected chi connectivity index (χ2v) is 7.30. The van der Waals surface area contributed by atoms with Crippen LogP contribution in [0.4, 0.5) is 0 Å². The first-order chi connectivity index (χ1) is 11.1. The standard InChI is InChI=1S/C18H21ClN2O2/c19-11-4-5-14-13(10-11)12-6-9-20-16(15(12)21-14)18(17(22)23)7-2-1-3-8-18/h4-5,10,16,20-21H,1-3,6-9H2,(H,22,23). The highest BCUT2D eigenvalue weighted by Crippen LogP contribution is 2.48. The van der Waals surface area contributed by atoms with E-state index in [-0.39, 0.29) is 6.04 Å². The van der Waals surface area contributed by atoms with Gasteiger partial charge in [-0.1, -0.05) is 30.9 Å². The fourth-order valence-corrected chi connectivity index (χ4v) is 4.65. The number of benzene rings is 1. The number of fused-ring (bicyclic) bond motifs is 3. The van der Waals surface area contributed by atoms with E-state index in [1.54, 1.807) is 0 Å². The fourth-order valence-electron chi connectivity index (χ4n) is 4.48. The molecule has 4 nitrogen and oxygen atoms in total. The van der Waals surface area contributed by atoms with Crippen molar-refractivity contribution >= 4 is 28.5 Å². The average molecular weight is 333 g/mol. The van der Waals surface area contributed by atoms with Crippen LogP contribution in [-0.2, 0) is 11.2 Å². The lowest BCUT2D eigenvalue weighted by Gasteiger charge is -2.42. The van der Waals surface area contributed by atoms with Crippen molar-refractivity contribution in [3.05, 3.63) is 34.5 Å². The molecule has 1 unspecified atom stereocenters. The first kappa shape index (κ1) is 15.0. The molecule has 4 rings (SSSR count). The molecule has 23 heavy (non-hydrogen) atoms. The lowest BCUT2D eigenvalue weighted by molar-refractivity contribution is -0.154. The van der Waals surface area contributed by atoms with Crippen LogP contribution in [0.1, 0.15) is 49.4 Å². The van der Waals surface area contributed by atoms with Gasteiger partial charge in [0.25, 0.3) is 0 Å². The third-order valence-electron chi connectivity index (χ3n) is 5.64. The number of halogens is 1. The van der Waals surface area contributed by atoms with Gasteiger partial charge in [-0.05, 0) is 49.6 Å². The van der Waals surface area contributed by atoms with E-state index in [4.69, 9.17) is 11.6 Å². The van der Waals surface area contributed by atoms with Gasteiger partial charge in [0.05, 0.1) is 11.5 Å². The highest BCUT2D eigenvalue weighted by molar-refractivity contribution is 6.31. The monoisotopic (exact) mass is 332 g/mol. The van der Waals surface area contributed by atoms with Crippen molar-refractivity contribution in [1.29, 1.82) is 0 Å². The van der Waals surface area contributed by atoms with Gasteiger partial charge in [-0.2, -0.15) is 0 Å². The van der Waals surface area contributed by atoms with Crippen LogP contribution < -0.4 is 5.32 Å². The number of carboxylic acids is 1. The number of aromatic amines is 1. The molecule has 3 N–H and O–H groups in total. The van der Waals surface area contributed by atoms with E-state index in [0.29, 0.717) is 0 Å². The van der Waals surface area contributed by atoms with Crippen LogP contribution >= 0.6 is 11.6 Å². The topological polar surface area (TPSA) is 65.1 Å². The quantitative estimate of drug-likeness (QED) is 0.777. The third-order valence-corrected chi connectivity index (χ3v) is 5.87. The van der Waals surface area contributed by atoms with Crippen LogP contribution in [-0.4, -0.2) is 22.6 Å². The summed E-state index contributed by atoms with van der Waals surface area (Å²) < 4.78 is 0. The highest BCUT2D eigenvalue weighted by Gasteiger charge is 2.49. The van der Waals surface area contributed by atoms with Gasteiger partial charge in [-0.3, -0.25) is 4.79 Å². The largest absolute Gasteiger partial charge is 0.481 e. The summed E-state index contributed by atoms with van der Waals surface area (Å²) >= 11 is 6.16. The number of nitrogens with one attached hydrogen (secondary N) is 2. The normalized spacial score (nSPS) is 23.6. The molecule has 1 aromatic carbocycles. The molecule has 2 aromatic rings. The first-order valence-corrected chi connectivity index (χ1v) is 8.76. The summed E-state index contributed by atoms with van der Waals surface area (Å²) in [5, 5.41) is 15.4. The van der Waals surface area contributed by atoms with E-state index >= 15 is 0 Å². The Balaban J connectivity index is 1.86. The Morgan fingerprint density at radius 2 is 2.04 bits per heavy atom. The molecule has 1 aromatic heterocycles. The molecule has 0 spiro atoms. The molecule has 0 amide bonds. The molecule has 2 heterocycles. The summed E-state index contributed by atoms with van der Waals surface area (Å²) in [5.41, 5.74) is 2.64. The molecule has 1 atom stereocenters. The average Bonchev–Trinajstić information content (AvgIpc) is 2.93. The zero-order valence-corrected chi connectivity index (χ0v) is 13.7. The number of hydrogen-bond acceptors (Lipinski definition) is 2. The lowest BCUT2D eigenvalue weighted by Crippen LogP contribution is -2.48. The van der Waals surface area contributed by atoms with Crippen LogP contribution in [0.2, 0.25) is 5.02 Å². The van der Waals surface area contributed by atoms with E-state index < -0.39 is 11.4 Å². The summed E-state index contributed by atoms with van der Waals surface area (Å²) in [6, 6.07) is 5.71.